The molecule has 3 rings (SSSR count). The van der Waals surface area contributed by atoms with Crippen LogP contribution in [0.2, 0.25) is 0 Å². The quantitative estimate of drug-likeness (QED) is 0.879. The summed E-state index contributed by atoms with van der Waals surface area (Å²) < 4.78 is 5.31. The predicted molar refractivity (Wildman–Crippen MR) is 80.8 cm³/mol. The molecule has 1 fully saturated rings. The van der Waals surface area contributed by atoms with Crippen LogP contribution in [-0.2, 0) is 12.8 Å². The molecule has 0 amide bonds. The molecule has 0 aliphatic carbocycles. The number of aryl methyl sites for hydroxylation is 2. The van der Waals surface area contributed by atoms with Crippen LogP contribution in [0.1, 0.15) is 36.2 Å². The van der Waals surface area contributed by atoms with Crippen molar-refractivity contribution in [2.24, 2.45) is 5.73 Å². The molecule has 1 aliphatic rings. The first-order valence-electron chi connectivity index (χ1n) is 7.65. The summed E-state index contributed by atoms with van der Waals surface area (Å²) in [6.45, 7) is 3.08. The summed E-state index contributed by atoms with van der Waals surface area (Å²) in [5, 5.41) is 4.03. The highest BCUT2D eigenvalue weighted by atomic mass is 16.5. The lowest BCUT2D eigenvalue weighted by Gasteiger charge is -2.17. The van der Waals surface area contributed by atoms with E-state index in [9.17, 15) is 0 Å². The number of benzene rings is 1. The van der Waals surface area contributed by atoms with Crippen LogP contribution >= 0.6 is 0 Å². The van der Waals surface area contributed by atoms with Gasteiger partial charge in [-0.3, -0.25) is 0 Å². The summed E-state index contributed by atoms with van der Waals surface area (Å²) in [5.41, 5.74) is 7.45. The largest absolute Gasteiger partial charge is 0.339 e. The lowest BCUT2D eigenvalue weighted by Crippen LogP contribution is -2.30. The van der Waals surface area contributed by atoms with Crippen molar-refractivity contribution in [1.82, 2.24) is 15.0 Å². The summed E-state index contributed by atoms with van der Waals surface area (Å²) in [6, 6.07) is 10.2. The average molecular weight is 286 g/mol. The molecule has 5 heteroatoms. The van der Waals surface area contributed by atoms with Crippen LogP contribution in [-0.4, -0.2) is 34.7 Å². The third-order valence-corrected chi connectivity index (χ3v) is 3.94. The smallest absolute Gasteiger partial charge is 0.227 e. The van der Waals surface area contributed by atoms with Gasteiger partial charge in [-0.25, -0.2) is 0 Å². The van der Waals surface area contributed by atoms with Crippen molar-refractivity contribution in [3.63, 3.8) is 0 Å². The predicted octanol–water partition coefficient (Wildman–Crippen LogP) is 1.95. The van der Waals surface area contributed by atoms with Crippen LogP contribution in [0, 0.1) is 0 Å². The molecule has 0 saturated carbocycles. The molecule has 1 atom stereocenters. The number of likely N-dealkylation sites (tertiary alicyclic amines) is 1. The van der Waals surface area contributed by atoms with Crippen molar-refractivity contribution >= 4 is 0 Å². The molecule has 2 aromatic rings. The monoisotopic (exact) mass is 286 g/mol. The maximum absolute atomic E-state index is 6.17. The van der Waals surface area contributed by atoms with E-state index >= 15 is 0 Å². The van der Waals surface area contributed by atoms with Gasteiger partial charge in [0.05, 0.1) is 6.04 Å². The Morgan fingerprint density at radius 2 is 1.90 bits per heavy atom. The molecule has 0 radical (unpaired) electrons. The Hall–Kier alpha value is -1.72. The first-order valence-corrected chi connectivity index (χ1v) is 7.65. The van der Waals surface area contributed by atoms with E-state index in [-0.39, 0.29) is 6.04 Å². The van der Waals surface area contributed by atoms with Crippen LogP contribution in [0.15, 0.2) is 34.9 Å². The maximum Gasteiger partial charge on any atom is 0.227 e. The molecule has 1 aromatic carbocycles. The van der Waals surface area contributed by atoms with Gasteiger partial charge in [0.25, 0.3) is 0 Å². The summed E-state index contributed by atoms with van der Waals surface area (Å²) in [4.78, 5) is 6.80. The SMILES string of the molecule is NC(CN1CCCC1)c1noc(CCc2ccccc2)n1. The Labute approximate surface area is 125 Å². The second-order valence-electron chi connectivity index (χ2n) is 5.65. The van der Waals surface area contributed by atoms with Gasteiger partial charge in [-0.1, -0.05) is 35.5 Å². The van der Waals surface area contributed by atoms with Gasteiger partial charge in [-0.2, -0.15) is 4.98 Å². The standard InChI is InChI=1S/C16H22N4O/c17-14(12-20-10-4-5-11-20)16-18-15(21-19-16)9-8-13-6-2-1-3-7-13/h1-3,6-7,14H,4-5,8-12,17H2. The molecule has 0 bridgehead atoms. The number of hydrogen-bond acceptors (Lipinski definition) is 5. The normalized spacial score (nSPS) is 17.2. The van der Waals surface area contributed by atoms with E-state index in [1.54, 1.807) is 0 Å². The first kappa shape index (κ1) is 14.2. The van der Waals surface area contributed by atoms with E-state index in [2.05, 4.69) is 27.2 Å². The molecule has 1 saturated heterocycles. The molecule has 2 N–H and O–H groups in total. The van der Waals surface area contributed by atoms with E-state index in [1.165, 1.54) is 18.4 Å². The average Bonchev–Trinajstić information content (AvgIpc) is 3.17. The number of nitrogens with two attached hydrogens (primary N) is 1. The minimum Gasteiger partial charge on any atom is -0.339 e. The molecule has 1 unspecified atom stereocenters. The van der Waals surface area contributed by atoms with Crippen molar-refractivity contribution in [1.29, 1.82) is 0 Å². The van der Waals surface area contributed by atoms with Gasteiger partial charge in [0.2, 0.25) is 5.89 Å². The van der Waals surface area contributed by atoms with E-state index in [4.69, 9.17) is 10.3 Å². The highest BCUT2D eigenvalue weighted by Gasteiger charge is 2.19. The summed E-state index contributed by atoms with van der Waals surface area (Å²) in [5.74, 6) is 1.30. The maximum atomic E-state index is 6.17. The lowest BCUT2D eigenvalue weighted by atomic mass is 10.1. The topological polar surface area (TPSA) is 68.2 Å². The van der Waals surface area contributed by atoms with E-state index in [0.717, 1.165) is 32.5 Å². The molecular weight excluding hydrogens is 264 g/mol. The highest BCUT2D eigenvalue weighted by Crippen LogP contribution is 2.14. The number of hydrogen-bond donors (Lipinski definition) is 1. The van der Waals surface area contributed by atoms with Gasteiger partial charge in [0.1, 0.15) is 0 Å². The Bertz CT molecular complexity index is 548. The molecule has 5 nitrogen and oxygen atoms in total. The molecule has 1 aliphatic heterocycles. The van der Waals surface area contributed by atoms with Gasteiger partial charge >= 0.3 is 0 Å². The first-order chi connectivity index (χ1) is 10.3. The summed E-state index contributed by atoms with van der Waals surface area (Å²) >= 11 is 0. The van der Waals surface area contributed by atoms with Crippen LogP contribution in [0.25, 0.3) is 0 Å². The number of rotatable bonds is 6. The summed E-state index contributed by atoms with van der Waals surface area (Å²) in [6.07, 6.45) is 4.19. The van der Waals surface area contributed by atoms with Gasteiger partial charge in [-0.05, 0) is 37.9 Å². The minimum absolute atomic E-state index is 0.155. The second kappa shape index (κ2) is 6.83. The second-order valence-corrected chi connectivity index (χ2v) is 5.65. The molecule has 21 heavy (non-hydrogen) atoms. The molecule has 112 valence electrons. The van der Waals surface area contributed by atoms with Crippen molar-refractivity contribution in [3.05, 3.63) is 47.6 Å². The number of nitrogens with zero attached hydrogens (tertiary/aromatic N) is 3. The molecule has 2 heterocycles. The Morgan fingerprint density at radius 1 is 1.14 bits per heavy atom. The molecular formula is C16H22N4O. The van der Waals surface area contributed by atoms with E-state index in [0.29, 0.717) is 11.7 Å². The fourth-order valence-electron chi connectivity index (χ4n) is 2.74. The summed E-state index contributed by atoms with van der Waals surface area (Å²) in [7, 11) is 0. The van der Waals surface area contributed by atoms with Crippen LogP contribution in [0.5, 0.6) is 0 Å². The van der Waals surface area contributed by atoms with Crippen LogP contribution in [0.4, 0.5) is 0 Å². The molecule has 1 aromatic heterocycles. The zero-order valence-corrected chi connectivity index (χ0v) is 12.2. The fourth-order valence-corrected chi connectivity index (χ4v) is 2.74. The van der Waals surface area contributed by atoms with Crippen molar-refractivity contribution in [2.75, 3.05) is 19.6 Å². The van der Waals surface area contributed by atoms with Crippen molar-refractivity contribution in [2.45, 2.75) is 31.7 Å². The number of aromatic nitrogens is 2. The zero-order chi connectivity index (χ0) is 14.5. The van der Waals surface area contributed by atoms with Gasteiger partial charge in [0.15, 0.2) is 5.82 Å². The zero-order valence-electron chi connectivity index (χ0n) is 12.2. The van der Waals surface area contributed by atoms with Crippen molar-refractivity contribution in [3.8, 4) is 0 Å². The Kier molecular flexibility index (Phi) is 4.62. The lowest BCUT2D eigenvalue weighted by molar-refractivity contribution is 0.305. The molecule has 0 spiro atoms. The third-order valence-electron chi connectivity index (χ3n) is 3.94. The van der Waals surface area contributed by atoms with E-state index < -0.39 is 0 Å². The van der Waals surface area contributed by atoms with Gasteiger partial charge in [0, 0.05) is 13.0 Å². The Balaban J connectivity index is 1.53. The van der Waals surface area contributed by atoms with Gasteiger partial charge in [-0.15, -0.1) is 0 Å². The van der Waals surface area contributed by atoms with Crippen LogP contribution in [0.3, 0.4) is 0 Å². The van der Waals surface area contributed by atoms with E-state index in [1.807, 2.05) is 18.2 Å². The van der Waals surface area contributed by atoms with Crippen LogP contribution < -0.4 is 5.73 Å². The third kappa shape index (κ3) is 3.89. The fraction of sp³-hybridized carbons (Fsp3) is 0.500. The minimum atomic E-state index is -0.155. The van der Waals surface area contributed by atoms with Crippen molar-refractivity contribution < 1.29 is 4.52 Å². The Morgan fingerprint density at radius 3 is 2.67 bits per heavy atom. The highest BCUT2D eigenvalue weighted by molar-refractivity contribution is 5.15. The van der Waals surface area contributed by atoms with Gasteiger partial charge < -0.3 is 15.2 Å².